The number of hydrogen-bond acceptors (Lipinski definition) is 4. The molecule has 0 radical (unpaired) electrons. The number of piperidine rings is 1. The maximum absolute atomic E-state index is 12.8. The van der Waals surface area contributed by atoms with Crippen LogP contribution in [0.3, 0.4) is 0 Å². The van der Waals surface area contributed by atoms with Crippen molar-refractivity contribution in [3.8, 4) is 11.5 Å². The van der Waals surface area contributed by atoms with Crippen LogP contribution in [0.5, 0.6) is 11.5 Å². The van der Waals surface area contributed by atoms with E-state index < -0.39 is 0 Å². The molecule has 0 aliphatic carbocycles. The van der Waals surface area contributed by atoms with Crippen LogP contribution in [0, 0.1) is 5.92 Å². The molecule has 1 aromatic rings. The molecule has 1 aliphatic rings. The topological polar surface area (TPSA) is 50.8 Å². The number of rotatable bonds is 8. The van der Waals surface area contributed by atoms with E-state index >= 15 is 0 Å². The first-order chi connectivity index (χ1) is 12.1. The van der Waals surface area contributed by atoms with E-state index in [9.17, 15) is 4.79 Å². The van der Waals surface area contributed by atoms with E-state index in [2.05, 4.69) is 5.32 Å². The third-order valence-corrected chi connectivity index (χ3v) is 4.91. The van der Waals surface area contributed by atoms with Gasteiger partial charge in [0.1, 0.15) is 0 Å². The van der Waals surface area contributed by atoms with Crippen LogP contribution >= 0.6 is 11.6 Å². The number of nitrogens with zero attached hydrogens (tertiary/aromatic N) is 1. The summed E-state index contributed by atoms with van der Waals surface area (Å²) < 4.78 is 11.0. The molecule has 6 heteroatoms. The molecule has 1 aromatic carbocycles. The van der Waals surface area contributed by atoms with E-state index in [-0.39, 0.29) is 5.91 Å². The van der Waals surface area contributed by atoms with Gasteiger partial charge in [0.2, 0.25) is 0 Å². The Hall–Kier alpha value is -1.46. The van der Waals surface area contributed by atoms with E-state index in [1.165, 1.54) is 6.42 Å². The normalized spacial score (nSPS) is 15.3. The molecule has 2 rings (SSSR count). The summed E-state index contributed by atoms with van der Waals surface area (Å²) in [5.41, 5.74) is 0.555. The number of amides is 1. The molecular weight excluding hydrogens is 340 g/mol. The predicted octanol–water partition coefficient (Wildman–Crippen LogP) is 3.60. The SMILES string of the molecule is CCCOc1c(Cl)cc(C(=O)N2CCC(CCNC)CC2)cc1OC. The Morgan fingerprint density at radius 2 is 2.08 bits per heavy atom. The smallest absolute Gasteiger partial charge is 0.254 e. The molecule has 1 aliphatic heterocycles. The Morgan fingerprint density at radius 1 is 1.36 bits per heavy atom. The fraction of sp³-hybridized carbons (Fsp3) is 0.632. The van der Waals surface area contributed by atoms with Crippen LogP contribution in [-0.4, -0.2) is 51.2 Å². The van der Waals surface area contributed by atoms with Crippen LogP contribution in [0.4, 0.5) is 0 Å². The zero-order valence-electron chi connectivity index (χ0n) is 15.4. The fourth-order valence-electron chi connectivity index (χ4n) is 3.14. The molecule has 1 fully saturated rings. The fourth-order valence-corrected chi connectivity index (χ4v) is 3.41. The number of carbonyl (C=O) groups excluding carboxylic acids is 1. The van der Waals surface area contributed by atoms with Crippen molar-refractivity contribution < 1.29 is 14.3 Å². The van der Waals surface area contributed by atoms with Crippen LogP contribution in [-0.2, 0) is 0 Å². The summed E-state index contributed by atoms with van der Waals surface area (Å²) in [6.45, 7) is 5.20. The van der Waals surface area contributed by atoms with Crippen LogP contribution in [0.2, 0.25) is 5.02 Å². The first-order valence-corrected chi connectivity index (χ1v) is 9.42. The molecule has 1 saturated heterocycles. The lowest BCUT2D eigenvalue weighted by Crippen LogP contribution is -2.39. The number of benzene rings is 1. The molecular formula is C19H29ClN2O3. The van der Waals surface area contributed by atoms with Crippen molar-refractivity contribution in [1.82, 2.24) is 10.2 Å². The summed E-state index contributed by atoms with van der Waals surface area (Å²) >= 11 is 6.33. The number of hydrogen-bond donors (Lipinski definition) is 1. The molecule has 0 saturated carbocycles. The summed E-state index contributed by atoms with van der Waals surface area (Å²) in [4.78, 5) is 14.7. The molecule has 0 spiro atoms. The minimum absolute atomic E-state index is 0.00862. The highest BCUT2D eigenvalue weighted by Gasteiger charge is 2.25. The van der Waals surface area contributed by atoms with Crippen LogP contribution in [0.1, 0.15) is 43.0 Å². The predicted molar refractivity (Wildman–Crippen MR) is 101 cm³/mol. The van der Waals surface area contributed by atoms with E-state index in [1.807, 2.05) is 18.9 Å². The monoisotopic (exact) mass is 368 g/mol. The highest BCUT2D eigenvalue weighted by molar-refractivity contribution is 6.32. The number of likely N-dealkylation sites (tertiary alicyclic amines) is 1. The Kier molecular flexibility index (Phi) is 7.85. The molecule has 0 unspecified atom stereocenters. The average molecular weight is 369 g/mol. The largest absolute Gasteiger partial charge is 0.493 e. The molecule has 1 amide bonds. The molecule has 5 nitrogen and oxygen atoms in total. The lowest BCUT2D eigenvalue weighted by Gasteiger charge is -2.32. The van der Waals surface area contributed by atoms with Gasteiger partial charge in [-0.2, -0.15) is 0 Å². The second-order valence-electron chi connectivity index (χ2n) is 6.47. The third-order valence-electron chi connectivity index (χ3n) is 4.63. The average Bonchev–Trinajstić information content (AvgIpc) is 2.64. The van der Waals surface area contributed by atoms with Crippen molar-refractivity contribution in [2.24, 2.45) is 5.92 Å². The summed E-state index contributed by atoms with van der Waals surface area (Å²) in [6.07, 6.45) is 4.15. The Balaban J connectivity index is 2.06. The number of halogens is 1. The highest BCUT2D eigenvalue weighted by atomic mass is 35.5. The summed E-state index contributed by atoms with van der Waals surface area (Å²) in [6, 6.07) is 3.41. The minimum Gasteiger partial charge on any atom is -0.493 e. The molecule has 25 heavy (non-hydrogen) atoms. The summed E-state index contributed by atoms with van der Waals surface area (Å²) in [7, 11) is 3.54. The first-order valence-electron chi connectivity index (χ1n) is 9.04. The van der Waals surface area contributed by atoms with Crippen LogP contribution < -0.4 is 14.8 Å². The molecule has 1 N–H and O–H groups in total. The minimum atomic E-state index is 0.00862. The quantitative estimate of drug-likeness (QED) is 0.761. The second-order valence-corrected chi connectivity index (χ2v) is 6.87. The van der Waals surface area contributed by atoms with Crippen molar-refractivity contribution in [3.63, 3.8) is 0 Å². The number of methoxy groups -OCH3 is 1. The van der Waals surface area contributed by atoms with Gasteiger partial charge in [-0.1, -0.05) is 18.5 Å². The first kappa shape index (κ1) is 19.9. The number of carbonyl (C=O) groups is 1. The lowest BCUT2D eigenvalue weighted by atomic mass is 9.93. The van der Waals surface area contributed by atoms with Gasteiger partial charge in [0.15, 0.2) is 11.5 Å². The zero-order chi connectivity index (χ0) is 18.2. The van der Waals surface area contributed by atoms with Crippen molar-refractivity contribution in [1.29, 1.82) is 0 Å². The van der Waals surface area contributed by atoms with Crippen molar-refractivity contribution in [2.45, 2.75) is 32.6 Å². The highest BCUT2D eigenvalue weighted by Crippen LogP contribution is 2.37. The Morgan fingerprint density at radius 3 is 2.68 bits per heavy atom. The van der Waals surface area contributed by atoms with E-state index in [0.29, 0.717) is 34.6 Å². The molecule has 0 bridgehead atoms. The Bertz CT molecular complexity index is 572. The van der Waals surface area contributed by atoms with Gasteiger partial charge in [-0.3, -0.25) is 4.79 Å². The van der Waals surface area contributed by atoms with Gasteiger partial charge in [-0.15, -0.1) is 0 Å². The maximum atomic E-state index is 12.8. The molecule has 140 valence electrons. The maximum Gasteiger partial charge on any atom is 0.254 e. The van der Waals surface area contributed by atoms with E-state index in [1.54, 1.807) is 19.2 Å². The van der Waals surface area contributed by atoms with Crippen molar-refractivity contribution in [2.75, 3.05) is 40.4 Å². The van der Waals surface area contributed by atoms with Gasteiger partial charge in [0.25, 0.3) is 5.91 Å². The van der Waals surface area contributed by atoms with Gasteiger partial charge in [0.05, 0.1) is 18.7 Å². The Labute approximate surface area is 155 Å². The van der Waals surface area contributed by atoms with Gasteiger partial charge >= 0.3 is 0 Å². The van der Waals surface area contributed by atoms with E-state index in [4.69, 9.17) is 21.1 Å². The molecule has 0 aromatic heterocycles. The van der Waals surface area contributed by atoms with E-state index in [0.717, 1.165) is 38.9 Å². The van der Waals surface area contributed by atoms with Crippen molar-refractivity contribution in [3.05, 3.63) is 22.7 Å². The summed E-state index contributed by atoms with van der Waals surface area (Å²) in [5.74, 6) is 1.72. The van der Waals surface area contributed by atoms with Crippen molar-refractivity contribution >= 4 is 17.5 Å². The number of nitrogens with one attached hydrogen (secondary N) is 1. The van der Waals surface area contributed by atoms with Gasteiger partial charge in [0, 0.05) is 18.7 Å². The lowest BCUT2D eigenvalue weighted by molar-refractivity contribution is 0.0686. The van der Waals surface area contributed by atoms with Crippen LogP contribution in [0.15, 0.2) is 12.1 Å². The standard InChI is InChI=1S/C19H29ClN2O3/c1-4-11-25-18-16(20)12-15(13-17(18)24-3)19(23)22-9-6-14(7-10-22)5-8-21-2/h12-14,21H,4-11H2,1-3H3. The van der Waals surface area contributed by atoms with Gasteiger partial charge < -0.3 is 19.7 Å². The third kappa shape index (κ3) is 5.25. The summed E-state index contributed by atoms with van der Waals surface area (Å²) in [5, 5.41) is 3.61. The molecule has 1 heterocycles. The second kappa shape index (κ2) is 9.88. The molecule has 0 atom stereocenters. The van der Waals surface area contributed by atoms with Crippen LogP contribution in [0.25, 0.3) is 0 Å². The van der Waals surface area contributed by atoms with Gasteiger partial charge in [-0.05, 0) is 57.3 Å². The van der Waals surface area contributed by atoms with Gasteiger partial charge in [-0.25, -0.2) is 0 Å². The zero-order valence-corrected chi connectivity index (χ0v) is 16.2. The number of ether oxygens (including phenoxy) is 2.